The van der Waals surface area contributed by atoms with E-state index in [0.29, 0.717) is 12.1 Å². The molecule has 3 aromatic rings. The maximum absolute atomic E-state index is 12.6. The normalized spacial score (nSPS) is 12.2. The summed E-state index contributed by atoms with van der Waals surface area (Å²) in [7, 11) is -1.93. The smallest absolute Gasteiger partial charge is 0.408 e. The SMILES string of the molecule is CCn1c(=O)oc2cc(S(=O)(=O)NCc3c(C)nn(C)c3C)ccc21. The fourth-order valence-electron chi connectivity index (χ4n) is 2.84. The molecule has 134 valence electrons. The van der Waals surface area contributed by atoms with Gasteiger partial charge in [-0.05, 0) is 32.9 Å². The van der Waals surface area contributed by atoms with Gasteiger partial charge in [-0.2, -0.15) is 5.10 Å². The summed E-state index contributed by atoms with van der Waals surface area (Å²) in [4.78, 5) is 11.8. The first-order valence-corrected chi connectivity index (χ1v) is 9.35. The Bertz CT molecular complexity index is 1110. The summed E-state index contributed by atoms with van der Waals surface area (Å²) < 4.78 is 36.0. The molecule has 0 saturated heterocycles. The highest BCUT2D eigenvalue weighted by Gasteiger charge is 2.19. The number of aromatic nitrogens is 3. The molecule has 0 aliphatic heterocycles. The number of oxazole rings is 1. The second kappa shape index (κ2) is 6.16. The van der Waals surface area contributed by atoms with Crippen LogP contribution >= 0.6 is 0 Å². The molecule has 9 heteroatoms. The van der Waals surface area contributed by atoms with E-state index in [9.17, 15) is 13.2 Å². The molecule has 0 amide bonds. The molecule has 3 rings (SSSR count). The van der Waals surface area contributed by atoms with Gasteiger partial charge in [0.1, 0.15) is 0 Å². The highest BCUT2D eigenvalue weighted by molar-refractivity contribution is 7.89. The first-order chi connectivity index (χ1) is 11.7. The maximum atomic E-state index is 12.6. The lowest BCUT2D eigenvalue weighted by Gasteiger charge is -2.07. The lowest BCUT2D eigenvalue weighted by atomic mass is 10.2. The third-order valence-electron chi connectivity index (χ3n) is 4.36. The highest BCUT2D eigenvalue weighted by Crippen LogP contribution is 2.19. The summed E-state index contributed by atoms with van der Waals surface area (Å²) in [5.74, 6) is -0.499. The Morgan fingerprint density at radius 2 is 2.00 bits per heavy atom. The van der Waals surface area contributed by atoms with Crippen LogP contribution < -0.4 is 10.5 Å². The van der Waals surface area contributed by atoms with Crippen LogP contribution in [0.5, 0.6) is 0 Å². The molecule has 2 aromatic heterocycles. The van der Waals surface area contributed by atoms with E-state index in [0.717, 1.165) is 17.0 Å². The van der Waals surface area contributed by atoms with Gasteiger partial charge in [0.2, 0.25) is 10.0 Å². The van der Waals surface area contributed by atoms with Gasteiger partial charge in [0.05, 0.1) is 16.1 Å². The molecule has 2 heterocycles. The zero-order valence-electron chi connectivity index (χ0n) is 14.5. The number of nitrogens with zero attached hydrogens (tertiary/aromatic N) is 3. The first kappa shape index (κ1) is 17.4. The van der Waals surface area contributed by atoms with Crippen molar-refractivity contribution in [1.29, 1.82) is 0 Å². The third-order valence-corrected chi connectivity index (χ3v) is 5.76. The van der Waals surface area contributed by atoms with Crippen LogP contribution in [-0.4, -0.2) is 22.8 Å². The van der Waals surface area contributed by atoms with Crippen molar-refractivity contribution in [2.45, 2.75) is 38.8 Å². The number of sulfonamides is 1. The number of hydrogen-bond acceptors (Lipinski definition) is 5. The Labute approximate surface area is 145 Å². The van der Waals surface area contributed by atoms with Crippen LogP contribution in [0, 0.1) is 13.8 Å². The van der Waals surface area contributed by atoms with Gasteiger partial charge < -0.3 is 4.42 Å². The Morgan fingerprint density at radius 1 is 1.28 bits per heavy atom. The van der Waals surface area contributed by atoms with Gasteiger partial charge in [0.25, 0.3) is 0 Å². The van der Waals surface area contributed by atoms with Crippen molar-refractivity contribution >= 4 is 21.1 Å². The van der Waals surface area contributed by atoms with Gasteiger partial charge in [0, 0.05) is 37.5 Å². The van der Waals surface area contributed by atoms with Gasteiger partial charge in [-0.3, -0.25) is 9.25 Å². The number of benzene rings is 1. The number of nitrogens with one attached hydrogen (secondary N) is 1. The van der Waals surface area contributed by atoms with E-state index in [1.54, 1.807) is 10.7 Å². The molecular weight excluding hydrogens is 344 g/mol. The van der Waals surface area contributed by atoms with Crippen molar-refractivity contribution in [2.75, 3.05) is 0 Å². The highest BCUT2D eigenvalue weighted by atomic mass is 32.2. The Balaban J connectivity index is 1.92. The van der Waals surface area contributed by atoms with E-state index >= 15 is 0 Å². The van der Waals surface area contributed by atoms with Crippen molar-refractivity contribution in [2.24, 2.45) is 7.05 Å². The molecule has 0 radical (unpaired) electrons. The molecule has 0 saturated carbocycles. The summed E-state index contributed by atoms with van der Waals surface area (Å²) in [6, 6.07) is 4.42. The topological polar surface area (TPSA) is 99.1 Å². The molecule has 0 aliphatic rings. The molecular formula is C16H20N4O4S. The summed E-state index contributed by atoms with van der Waals surface area (Å²) in [5.41, 5.74) is 3.36. The minimum Gasteiger partial charge on any atom is -0.408 e. The number of aryl methyl sites for hydroxylation is 3. The van der Waals surface area contributed by atoms with Crippen molar-refractivity contribution in [3.8, 4) is 0 Å². The predicted molar refractivity (Wildman–Crippen MR) is 92.9 cm³/mol. The predicted octanol–water partition coefficient (Wildman–Crippen LogP) is 1.44. The van der Waals surface area contributed by atoms with E-state index in [4.69, 9.17) is 4.42 Å². The van der Waals surface area contributed by atoms with Crippen LogP contribution in [0.25, 0.3) is 11.1 Å². The summed E-state index contributed by atoms with van der Waals surface area (Å²) >= 11 is 0. The monoisotopic (exact) mass is 364 g/mol. The van der Waals surface area contributed by atoms with E-state index < -0.39 is 15.8 Å². The van der Waals surface area contributed by atoms with Crippen molar-refractivity contribution < 1.29 is 12.8 Å². The van der Waals surface area contributed by atoms with Crippen molar-refractivity contribution in [3.63, 3.8) is 0 Å². The largest absolute Gasteiger partial charge is 0.419 e. The Hall–Kier alpha value is -2.39. The maximum Gasteiger partial charge on any atom is 0.419 e. The number of fused-ring (bicyclic) bond motifs is 1. The van der Waals surface area contributed by atoms with Crippen molar-refractivity contribution in [3.05, 3.63) is 45.7 Å². The van der Waals surface area contributed by atoms with Crippen LogP contribution in [-0.2, 0) is 30.2 Å². The minimum absolute atomic E-state index is 0.0520. The van der Waals surface area contributed by atoms with Gasteiger partial charge in [0.15, 0.2) is 5.58 Å². The number of hydrogen-bond donors (Lipinski definition) is 1. The van der Waals surface area contributed by atoms with Crippen LogP contribution in [0.3, 0.4) is 0 Å². The van der Waals surface area contributed by atoms with Crippen LogP contribution in [0.1, 0.15) is 23.9 Å². The van der Waals surface area contributed by atoms with E-state index in [1.807, 2.05) is 27.8 Å². The molecule has 1 N–H and O–H groups in total. The molecule has 0 fully saturated rings. The summed E-state index contributed by atoms with van der Waals surface area (Å²) in [6.07, 6.45) is 0. The average molecular weight is 364 g/mol. The second-order valence-corrected chi connectivity index (χ2v) is 7.61. The van der Waals surface area contributed by atoms with E-state index in [-0.39, 0.29) is 17.0 Å². The zero-order chi connectivity index (χ0) is 18.4. The second-order valence-electron chi connectivity index (χ2n) is 5.84. The fraction of sp³-hybridized carbons (Fsp3) is 0.375. The third kappa shape index (κ3) is 3.00. The molecule has 0 bridgehead atoms. The Morgan fingerprint density at radius 3 is 2.60 bits per heavy atom. The molecule has 25 heavy (non-hydrogen) atoms. The van der Waals surface area contributed by atoms with Crippen LogP contribution in [0.15, 0.2) is 32.3 Å². The molecule has 0 spiro atoms. The average Bonchev–Trinajstić information content (AvgIpc) is 3.00. The first-order valence-electron chi connectivity index (χ1n) is 7.86. The lowest BCUT2D eigenvalue weighted by Crippen LogP contribution is -2.23. The summed E-state index contributed by atoms with van der Waals surface area (Å²) in [5, 5.41) is 4.28. The van der Waals surface area contributed by atoms with E-state index in [1.165, 1.54) is 16.7 Å². The van der Waals surface area contributed by atoms with Gasteiger partial charge in [-0.25, -0.2) is 17.9 Å². The molecule has 0 unspecified atom stereocenters. The van der Waals surface area contributed by atoms with E-state index in [2.05, 4.69) is 9.82 Å². The molecule has 8 nitrogen and oxygen atoms in total. The standard InChI is InChI=1S/C16H20N4O4S/c1-5-20-14-7-6-12(8-15(14)24-16(20)21)25(22,23)17-9-13-10(2)18-19(4)11(13)3/h6-8,17H,5,9H2,1-4H3. The summed E-state index contributed by atoms with van der Waals surface area (Å²) in [6.45, 7) is 6.14. The fourth-order valence-corrected chi connectivity index (χ4v) is 3.85. The zero-order valence-corrected chi connectivity index (χ0v) is 15.3. The quantitative estimate of drug-likeness (QED) is 0.739. The van der Waals surface area contributed by atoms with Crippen LogP contribution in [0.4, 0.5) is 0 Å². The Kier molecular flexibility index (Phi) is 4.29. The van der Waals surface area contributed by atoms with Gasteiger partial charge >= 0.3 is 5.76 Å². The van der Waals surface area contributed by atoms with Crippen molar-refractivity contribution in [1.82, 2.24) is 19.1 Å². The van der Waals surface area contributed by atoms with Crippen LogP contribution in [0.2, 0.25) is 0 Å². The number of rotatable bonds is 5. The molecule has 1 aromatic carbocycles. The van der Waals surface area contributed by atoms with Gasteiger partial charge in [-0.15, -0.1) is 0 Å². The van der Waals surface area contributed by atoms with Gasteiger partial charge in [-0.1, -0.05) is 0 Å². The molecule has 0 aliphatic carbocycles. The molecule has 0 atom stereocenters. The lowest BCUT2D eigenvalue weighted by molar-refractivity contribution is 0.512. The minimum atomic E-state index is -3.74.